The molecule has 210 valence electrons. The van der Waals surface area contributed by atoms with Gasteiger partial charge in [-0.3, -0.25) is 9.71 Å². The molecule has 0 bridgehead atoms. The number of pyridine rings is 1. The lowest BCUT2D eigenvalue weighted by atomic mass is 10.0. The molecule has 2 heterocycles. The minimum absolute atomic E-state index is 0.217. The van der Waals surface area contributed by atoms with Gasteiger partial charge in [0, 0.05) is 41.1 Å². The highest BCUT2D eigenvalue weighted by atomic mass is 32.2. The minimum atomic E-state index is -3.71. The minimum Gasteiger partial charge on any atom is -0.387 e. The van der Waals surface area contributed by atoms with E-state index >= 15 is 0 Å². The zero-order chi connectivity index (χ0) is 27.8. The van der Waals surface area contributed by atoms with Crippen molar-refractivity contribution in [1.82, 2.24) is 15.3 Å². The van der Waals surface area contributed by atoms with Gasteiger partial charge in [0.2, 0.25) is 0 Å². The van der Waals surface area contributed by atoms with Crippen molar-refractivity contribution in [3.63, 3.8) is 0 Å². The zero-order valence-electron chi connectivity index (χ0n) is 22.5. The van der Waals surface area contributed by atoms with Gasteiger partial charge in [0.15, 0.2) is 0 Å². The molecule has 7 nitrogen and oxygen atoms in total. The van der Waals surface area contributed by atoms with Crippen LogP contribution in [0.1, 0.15) is 55.0 Å². The van der Waals surface area contributed by atoms with Crippen LogP contribution < -0.4 is 10.0 Å². The van der Waals surface area contributed by atoms with Crippen LogP contribution in [0.25, 0.3) is 10.6 Å². The Morgan fingerprint density at radius 1 is 1.00 bits per heavy atom. The van der Waals surface area contributed by atoms with Crippen molar-refractivity contribution in [2.75, 3.05) is 17.8 Å². The number of aliphatic hydroxyl groups is 1. The predicted octanol–water partition coefficient (Wildman–Crippen LogP) is 5.99. The van der Waals surface area contributed by atoms with Gasteiger partial charge in [0.25, 0.3) is 10.0 Å². The first-order valence-corrected chi connectivity index (χ1v) is 16.3. The second kappa shape index (κ2) is 13.5. The molecular weight excluding hydrogens is 541 g/mol. The van der Waals surface area contributed by atoms with Crippen LogP contribution in [0.15, 0.2) is 83.3 Å². The van der Waals surface area contributed by atoms with Gasteiger partial charge in [-0.25, -0.2) is 13.4 Å². The van der Waals surface area contributed by atoms with Crippen LogP contribution in [0.5, 0.6) is 0 Å². The van der Waals surface area contributed by atoms with Crippen LogP contribution in [0.4, 0.5) is 5.69 Å². The van der Waals surface area contributed by atoms with E-state index in [4.69, 9.17) is 4.98 Å². The van der Waals surface area contributed by atoms with Crippen molar-refractivity contribution >= 4 is 27.0 Å². The summed E-state index contributed by atoms with van der Waals surface area (Å²) in [5.41, 5.74) is 4.43. The number of benzene rings is 2. The standard InChI is InChI=1S/C31H36N4O3S2/c36-30(26-6-3-18-32-20-26)21-33-19-17-24-7-12-27(13-8-24)35-40(37,38)29-15-10-25(11-16-29)31-34-28(22-39-31)14-9-23-4-1-2-5-23/h3,6-8,10-13,15-16,18,20,22-23,30,33,35-36H,1-2,4-5,9,14,17,19,21H2. The summed E-state index contributed by atoms with van der Waals surface area (Å²) < 4.78 is 28.6. The van der Waals surface area contributed by atoms with Gasteiger partial charge in [-0.15, -0.1) is 11.3 Å². The Labute approximate surface area is 240 Å². The number of hydrogen-bond donors (Lipinski definition) is 3. The molecule has 1 unspecified atom stereocenters. The maximum absolute atomic E-state index is 13.0. The summed E-state index contributed by atoms with van der Waals surface area (Å²) in [6, 6.07) is 17.9. The number of thiazole rings is 1. The summed E-state index contributed by atoms with van der Waals surface area (Å²) in [4.78, 5) is 9.04. The van der Waals surface area contributed by atoms with Crippen LogP contribution in [0.2, 0.25) is 0 Å². The number of rotatable bonds is 13. The molecule has 0 aliphatic heterocycles. The van der Waals surface area contributed by atoms with E-state index in [1.54, 1.807) is 54.1 Å². The molecule has 0 saturated heterocycles. The number of sulfonamides is 1. The Balaban J connectivity index is 1.10. The summed E-state index contributed by atoms with van der Waals surface area (Å²) in [5.74, 6) is 0.846. The molecule has 5 rings (SSSR count). The molecule has 2 aromatic carbocycles. The van der Waals surface area contributed by atoms with Gasteiger partial charge in [0.05, 0.1) is 16.7 Å². The van der Waals surface area contributed by atoms with Crippen LogP contribution in [0, 0.1) is 5.92 Å². The van der Waals surface area contributed by atoms with Gasteiger partial charge >= 0.3 is 0 Å². The third kappa shape index (κ3) is 7.75. The largest absolute Gasteiger partial charge is 0.387 e. The lowest BCUT2D eigenvalue weighted by molar-refractivity contribution is 0.174. The summed E-state index contributed by atoms with van der Waals surface area (Å²) in [6.07, 6.45) is 11.1. The number of nitrogens with one attached hydrogen (secondary N) is 2. The smallest absolute Gasteiger partial charge is 0.261 e. The Kier molecular flexibility index (Phi) is 9.59. The summed E-state index contributed by atoms with van der Waals surface area (Å²) in [5, 5.41) is 16.5. The number of aromatic nitrogens is 2. The Morgan fingerprint density at radius 3 is 2.50 bits per heavy atom. The van der Waals surface area contributed by atoms with Gasteiger partial charge in [-0.05, 0) is 67.6 Å². The van der Waals surface area contributed by atoms with Gasteiger partial charge < -0.3 is 10.4 Å². The third-order valence-electron chi connectivity index (χ3n) is 7.45. The average Bonchev–Trinajstić information content (AvgIpc) is 3.68. The second-order valence-corrected chi connectivity index (χ2v) is 13.0. The first-order chi connectivity index (χ1) is 19.5. The highest BCUT2D eigenvalue weighted by Gasteiger charge is 2.17. The van der Waals surface area contributed by atoms with Gasteiger partial charge in [0.1, 0.15) is 5.01 Å². The van der Waals surface area contributed by atoms with Crippen LogP contribution in [-0.2, 0) is 22.9 Å². The lowest BCUT2D eigenvalue weighted by Crippen LogP contribution is -2.23. The van der Waals surface area contributed by atoms with Crippen molar-refractivity contribution in [3.05, 3.63) is 95.3 Å². The molecule has 0 amide bonds. The number of anilines is 1. The van der Waals surface area contributed by atoms with Crippen molar-refractivity contribution < 1.29 is 13.5 Å². The normalized spacial score (nSPS) is 14.8. The number of aliphatic hydroxyl groups excluding tert-OH is 1. The number of hydrogen-bond acceptors (Lipinski definition) is 7. The number of aryl methyl sites for hydroxylation is 1. The SMILES string of the molecule is O=S(=O)(Nc1ccc(CCNCC(O)c2cccnc2)cc1)c1ccc(-c2nc(CCC3CCCC3)cs2)cc1. The fourth-order valence-electron chi connectivity index (χ4n) is 5.10. The summed E-state index contributed by atoms with van der Waals surface area (Å²) in [6.45, 7) is 1.13. The average molecular weight is 577 g/mol. The zero-order valence-corrected chi connectivity index (χ0v) is 24.1. The molecule has 1 fully saturated rings. The first kappa shape index (κ1) is 28.4. The fourth-order valence-corrected chi connectivity index (χ4v) is 7.02. The Hall–Kier alpha value is -3.11. The molecule has 1 atom stereocenters. The third-order valence-corrected chi connectivity index (χ3v) is 9.79. The van der Waals surface area contributed by atoms with Crippen LogP contribution in [-0.4, -0.2) is 36.6 Å². The van der Waals surface area contributed by atoms with E-state index in [0.717, 1.165) is 46.2 Å². The Bertz CT molecular complexity index is 1450. The van der Waals surface area contributed by atoms with E-state index in [2.05, 4.69) is 20.4 Å². The summed E-state index contributed by atoms with van der Waals surface area (Å²) in [7, 11) is -3.71. The van der Waals surface area contributed by atoms with E-state index in [0.29, 0.717) is 18.8 Å². The maximum Gasteiger partial charge on any atom is 0.261 e. The van der Waals surface area contributed by atoms with E-state index < -0.39 is 16.1 Å². The molecule has 0 spiro atoms. The fraction of sp³-hybridized carbons (Fsp3) is 0.355. The summed E-state index contributed by atoms with van der Waals surface area (Å²) >= 11 is 1.61. The molecule has 9 heteroatoms. The number of nitrogens with zero attached hydrogens (tertiary/aromatic N) is 2. The van der Waals surface area contributed by atoms with Gasteiger partial charge in [-0.2, -0.15) is 0 Å². The monoisotopic (exact) mass is 576 g/mol. The topological polar surface area (TPSA) is 104 Å². The molecule has 1 aliphatic rings. The lowest BCUT2D eigenvalue weighted by Gasteiger charge is -2.12. The maximum atomic E-state index is 13.0. The first-order valence-electron chi connectivity index (χ1n) is 13.9. The van der Waals surface area contributed by atoms with Crippen molar-refractivity contribution in [3.8, 4) is 10.6 Å². The molecule has 2 aromatic heterocycles. The van der Waals surface area contributed by atoms with Crippen molar-refractivity contribution in [2.24, 2.45) is 5.92 Å². The molecule has 4 aromatic rings. The quantitative estimate of drug-likeness (QED) is 0.169. The Morgan fingerprint density at radius 2 is 1.77 bits per heavy atom. The second-order valence-electron chi connectivity index (χ2n) is 10.4. The van der Waals surface area contributed by atoms with Crippen LogP contribution >= 0.6 is 11.3 Å². The van der Waals surface area contributed by atoms with E-state index in [-0.39, 0.29) is 4.90 Å². The molecule has 3 N–H and O–H groups in total. The molecular formula is C31H36N4O3S2. The van der Waals surface area contributed by atoms with E-state index in [1.165, 1.54) is 32.1 Å². The van der Waals surface area contributed by atoms with Crippen molar-refractivity contribution in [1.29, 1.82) is 0 Å². The molecule has 1 aliphatic carbocycles. The van der Waals surface area contributed by atoms with Crippen LogP contribution in [0.3, 0.4) is 0 Å². The van der Waals surface area contributed by atoms with Gasteiger partial charge in [-0.1, -0.05) is 56.0 Å². The molecule has 0 radical (unpaired) electrons. The highest BCUT2D eigenvalue weighted by Crippen LogP contribution is 2.30. The van der Waals surface area contributed by atoms with Crippen molar-refractivity contribution in [2.45, 2.75) is 55.9 Å². The van der Waals surface area contributed by atoms with E-state index in [1.807, 2.05) is 30.3 Å². The van der Waals surface area contributed by atoms with E-state index in [9.17, 15) is 13.5 Å². The predicted molar refractivity (Wildman–Crippen MR) is 161 cm³/mol. The highest BCUT2D eigenvalue weighted by molar-refractivity contribution is 7.92. The molecule has 1 saturated carbocycles. The molecule has 40 heavy (non-hydrogen) atoms.